The molecule has 13 atom stereocenters. The highest BCUT2D eigenvalue weighted by molar-refractivity contribution is 5.75. The van der Waals surface area contributed by atoms with E-state index in [-0.39, 0.29) is 23.8 Å². The van der Waals surface area contributed by atoms with Crippen LogP contribution in [0.3, 0.4) is 0 Å². The molecule has 6 fully saturated rings. The molecule has 0 aromatic carbocycles. The van der Waals surface area contributed by atoms with Gasteiger partial charge in [-0.3, -0.25) is 4.79 Å². The highest BCUT2D eigenvalue weighted by Crippen LogP contribution is 2.71. The Labute approximate surface area is 225 Å². The molecule has 37 heavy (non-hydrogen) atoms. The van der Waals surface area contributed by atoms with Crippen molar-refractivity contribution in [1.82, 2.24) is 0 Å². The maximum absolute atomic E-state index is 12.6. The van der Waals surface area contributed by atoms with Gasteiger partial charge in [-0.25, -0.2) is 0 Å². The number of carbonyl (C=O) groups excluding carboxylic acids is 1. The van der Waals surface area contributed by atoms with E-state index in [0.717, 1.165) is 43.6 Å². The second-order valence-corrected chi connectivity index (χ2v) is 15.3. The SMILES string of the molecule is CC(C)C(N)C(=O)O[C@H]1CC[C@@]2(C)C(CCC3C2CC[C@@]2(C)C3CC3O[C@]4(CC[C@@H](C)CO4)[C@@H](C)C32)C1. The molecule has 2 heterocycles. The van der Waals surface area contributed by atoms with Gasteiger partial charge in [-0.1, -0.05) is 41.5 Å². The van der Waals surface area contributed by atoms with Gasteiger partial charge in [0.15, 0.2) is 5.79 Å². The number of hydrogen-bond acceptors (Lipinski definition) is 5. The average Bonchev–Trinajstić information content (AvgIpc) is 3.30. The molecular weight excluding hydrogens is 462 g/mol. The first-order valence-electron chi connectivity index (χ1n) is 15.8. The molecule has 4 aliphatic carbocycles. The number of rotatable bonds is 3. The summed E-state index contributed by atoms with van der Waals surface area (Å²) in [6.45, 7) is 14.8. The number of fused-ring (bicyclic) bond motifs is 7. The quantitative estimate of drug-likeness (QED) is 0.445. The third-order valence-electron chi connectivity index (χ3n) is 13.2. The zero-order valence-electron chi connectivity index (χ0n) is 24.3. The lowest BCUT2D eigenvalue weighted by Gasteiger charge is -2.61. The van der Waals surface area contributed by atoms with Gasteiger partial charge in [0, 0.05) is 12.3 Å². The molecule has 2 saturated heterocycles. The van der Waals surface area contributed by atoms with E-state index in [2.05, 4.69) is 27.7 Å². The molecule has 6 aliphatic rings. The van der Waals surface area contributed by atoms with Crippen LogP contribution in [-0.4, -0.2) is 36.6 Å². The van der Waals surface area contributed by atoms with Crippen molar-refractivity contribution in [2.75, 3.05) is 6.61 Å². The topological polar surface area (TPSA) is 70.8 Å². The fraction of sp³-hybridized carbons (Fsp3) is 0.969. The van der Waals surface area contributed by atoms with Gasteiger partial charge in [0.2, 0.25) is 0 Å². The summed E-state index contributed by atoms with van der Waals surface area (Å²) >= 11 is 0. The minimum atomic E-state index is -0.506. The van der Waals surface area contributed by atoms with E-state index in [1.54, 1.807) is 0 Å². The lowest BCUT2D eigenvalue weighted by Crippen LogP contribution is -2.55. The van der Waals surface area contributed by atoms with Crippen LogP contribution in [0.2, 0.25) is 0 Å². The van der Waals surface area contributed by atoms with Crippen LogP contribution in [-0.2, 0) is 19.0 Å². The van der Waals surface area contributed by atoms with Crippen molar-refractivity contribution < 1.29 is 19.0 Å². The number of carbonyl (C=O) groups is 1. The van der Waals surface area contributed by atoms with E-state index >= 15 is 0 Å². The molecule has 5 nitrogen and oxygen atoms in total. The fourth-order valence-electron chi connectivity index (χ4n) is 10.9. The number of nitrogens with two attached hydrogens (primary N) is 1. The van der Waals surface area contributed by atoms with Crippen molar-refractivity contribution >= 4 is 5.97 Å². The molecule has 210 valence electrons. The van der Waals surface area contributed by atoms with Gasteiger partial charge >= 0.3 is 5.97 Å². The molecule has 0 bridgehead atoms. The van der Waals surface area contributed by atoms with Crippen LogP contribution < -0.4 is 5.73 Å². The molecule has 1 spiro atoms. The summed E-state index contributed by atoms with van der Waals surface area (Å²) in [5, 5.41) is 0. The van der Waals surface area contributed by atoms with E-state index in [4.69, 9.17) is 19.9 Å². The molecule has 6 rings (SSSR count). The van der Waals surface area contributed by atoms with Gasteiger partial charge in [0.05, 0.1) is 12.7 Å². The van der Waals surface area contributed by atoms with Crippen molar-refractivity contribution in [2.45, 2.75) is 130 Å². The Morgan fingerprint density at radius 3 is 2.41 bits per heavy atom. The summed E-state index contributed by atoms with van der Waals surface area (Å²) in [6, 6.07) is -0.506. The van der Waals surface area contributed by atoms with Gasteiger partial charge < -0.3 is 19.9 Å². The standard InChI is InChI=1S/C32H53NO4/c1-18(2)28(33)29(34)36-22-10-12-30(5)21(15-22)7-8-23-24(30)11-13-31(6)25(23)16-26-27(31)20(4)32(37-26)14-9-19(3)17-35-32/h18-28H,7-17,33H2,1-6H3/t19-,20+,21?,22+,23?,24?,25?,26?,27?,28?,30+,31+,32-/m1/s1. The summed E-state index contributed by atoms with van der Waals surface area (Å²) in [5.74, 6) is 4.44. The molecule has 7 unspecified atom stereocenters. The minimum absolute atomic E-state index is 0.0512. The van der Waals surface area contributed by atoms with Crippen LogP contribution in [0.4, 0.5) is 0 Å². The van der Waals surface area contributed by atoms with Crippen LogP contribution in [0, 0.1) is 58.2 Å². The Balaban J connectivity index is 1.15. The smallest absolute Gasteiger partial charge is 0.323 e. The third-order valence-corrected chi connectivity index (χ3v) is 13.2. The number of ether oxygens (including phenoxy) is 3. The number of hydrogen-bond donors (Lipinski definition) is 1. The lowest BCUT2D eigenvalue weighted by molar-refractivity contribution is -0.273. The van der Waals surface area contributed by atoms with Crippen LogP contribution in [0.1, 0.15) is 106 Å². The van der Waals surface area contributed by atoms with Gasteiger partial charge in [0.1, 0.15) is 12.1 Å². The fourth-order valence-corrected chi connectivity index (χ4v) is 10.9. The second kappa shape index (κ2) is 9.20. The Hall–Kier alpha value is -0.650. The normalized spacial score (nSPS) is 53.8. The largest absolute Gasteiger partial charge is 0.461 e. The Morgan fingerprint density at radius 2 is 1.70 bits per heavy atom. The van der Waals surface area contributed by atoms with Crippen molar-refractivity contribution in [3.05, 3.63) is 0 Å². The van der Waals surface area contributed by atoms with Crippen LogP contribution in [0.25, 0.3) is 0 Å². The summed E-state index contributed by atoms with van der Waals surface area (Å²) < 4.78 is 19.4. The van der Waals surface area contributed by atoms with E-state index in [9.17, 15) is 4.79 Å². The number of esters is 1. The van der Waals surface area contributed by atoms with Crippen LogP contribution in [0.15, 0.2) is 0 Å². The van der Waals surface area contributed by atoms with E-state index in [1.807, 2.05) is 13.8 Å². The predicted octanol–water partition coefficient (Wildman–Crippen LogP) is 6.33. The average molecular weight is 516 g/mol. The van der Waals surface area contributed by atoms with Crippen LogP contribution >= 0.6 is 0 Å². The molecule has 4 saturated carbocycles. The first-order valence-corrected chi connectivity index (χ1v) is 15.8. The van der Waals surface area contributed by atoms with E-state index in [0.29, 0.717) is 40.6 Å². The lowest BCUT2D eigenvalue weighted by atomic mass is 9.44. The highest BCUT2D eigenvalue weighted by Gasteiger charge is 2.69. The maximum Gasteiger partial charge on any atom is 0.323 e. The van der Waals surface area contributed by atoms with Crippen molar-refractivity contribution in [3.8, 4) is 0 Å². The summed E-state index contributed by atoms with van der Waals surface area (Å²) in [4.78, 5) is 12.6. The van der Waals surface area contributed by atoms with Gasteiger partial charge in [-0.15, -0.1) is 0 Å². The second-order valence-electron chi connectivity index (χ2n) is 15.3. The van der Waals surface area contributed by atoms with E-state index < -0.39 is 6.04 Å². The van der Waals surface area contributed by atoms with E-state index in [1.165, 1.54) is 44.9 Å². The summed E-state index contributed by atoms with van der Waals surface area (Å²) in [6.07, 6.45) is 12.5. The third kappa shape index (κ3) is 3.98. The molecule has 2 aliphatic heterocycles. The zero-order valence-corrected chi connectivity index (χ0v) is 24.3. The molecular formula is C32H53NO4. The van der Waals surface area contributed by atoms with Gasteiger partial charge in [-0.05, 0) is 110 Å². The predicted molar refractivity (Wildman–Crippen MR) is 144 cm³/mol. The van der Waals surface area contributed by atoms with Gasteiger partial charge in [0.25, 0.3) is 0 Å². The first-order chi connectivity index (χ1) is 17.5. The Kier molecular flexibility index (Phi) is 6.60. The molecule has 0 radical (unpaired) electrons. The molecule has 2 N–H and O–H groups in total. The Morgan fingerprint density at radius 1 is 0.946 bits per heavy atom. The summed E-state index contributed by atoms with van der Waals surface area (Å²) in [7, 11) is 0. The first kappa shape index (κ1) is 26.6. The maximum atomic E-state index is 12.6. The van der Waals surface area contributed by atoms with Crippen LogP contribution in [0.5, 0.6) is 0 Å². The molecule has 0 amide bonds. The molecule has 5 heteroatoms. The summed E-state index contributed by atoms with van der Waals surface area (Å²) in [5.41, 5.74) is 6.85. The Bertz CT molecular complexity index is 882. The monoisotopic (exact) mass is 515 g/mol. The highest BCUT2D eigenvalue weighted by atomic mass is 16.7. The molecule has 0 aromatic heterocycles. The van der Waals surface area contributed by atoms with Gasteiger partial charge in [-0.2, -0.15) is 0 Å². The van der Waals surface area contributed by atoms with Crippen molar-refractivity contribution in [1.29, 1.82) is 0 Å². The van der Waals surface area contributed by atoms with Crippen molar-refractivity contribution in [3.63, 3.8) is 0 Å². The van der Waals surface area contributed by atoms with Crippen molar-refractivity contribution in [2.24, 2.45) is 63.9 Å². The zero-order chi connectivity index (χ0) is 26.3. The molecule has 0 aromatic rings. The minimum Gasteiger partial charge on any atom is -0.461 e.